The quantitative estimate of drug-likeness (QED) is 0.403. The molecule has 0 saturated carbocycles. The first kappa shape index (κ1) is 22.7. The molecule has 1 saturated heterocycles. The number of hydrogen-bond acceptors (Lipinski definition) is 6. The molecule has 1 aliphatic rings. The highest BCUT2D eigenvalue weighted by molar-refractivity contribution is 5.81. The zero-order chi connectivity index (χ0) is 21.4. The number of carbonyl (C=O) groups excluding carboxylic acids is 1. The molecular formula is C17H20F3N3O6. The Morgan fingerprint density at radius 3 is 2.79 bits per heavy atom. The Kier molecular flexibility index (Phi) is 8.00. The molecule has 3 N–H and O–H groups in total. The van der Waals surface area contributed by atoms with E-state index in [1.165, 1.54) is 10.8 Å². The number of aromatic amines is 1. The minimum absolute atomic E-state index is 0.0138. The molecule has 2 atom stereocenters. The normalized spacial score (nSPS) is 18.9. The molecule has 9 nitrogen and oxygen atoms in total. The molecule has 1 aromatic heterocycles. The van der Waals surface area contributed by atoms with E-state index in [2.05, 4.69) is 16.8 Å². The van der Waals surface area contributed by atoms with Gasteiger partial charge in [-0.05, 0) is 12.8 Å². The Hall–Kier alpha value is -2.62. The molecule has 1 aliphatic heterocycles. The first-order chi connectivity index (χ1) is 13.7. The van der Waals surface area contributed by atoms with Gasteiger partial charge in [-0.3, -0.25) is 19.1 Å². The van der Waals surface area contributed by atoms with Gasteiger partial charge in [-0.2, -0.15) is 13.2 Å². The monoisotopic (exact) mass is 419 g/mol. The summed E-state index contributed by atoms with van der Waals surface area (Å²) in [7, 11) is 0. The molecule has 29 heavy (non-hydrogen) atoms. The summed E-state index contributed by atoms with van der Waals surface area (Å²) in [5, 5.41) is 10.8. The third-order valence-electron chi connectivity index (χ3n) is 4.01. The highest BCUT2D eigenvalue weighted by Gasteiger charge is 2.38. The van der Waals surface area contributed by atoms with Crippen LogP contribution in [0.1, 0.15) is 24.6 Å². The maximum atomic E-state index is 12.0. The van der Waals surface area contributed by atoms with Crippen LogP contribution < -0.4 is 16.6 Å². The minimum atomic E-state index is -4.94. The summed E-state index contributed by atoms with van der Waals surface area (Å²) in [5.74, 6) is 3.21. The minimum Gasteiger partial charge on any atom is -0.394 e. The molecule has 12 heteroatoms. The fourth-order valence-electron chi connectivity index (χ4n) is 2.56. The van der Waals surface area contributed by atoms with Crippen LogP contribution in [0, 0.1) is 11.8 Å². The Morgan fingerprint density at radius 2 is 2.14 bits per heavy atom. The summed E-state index contributed by atoms with van der Waals surface area (Å²) >= 11 is 0. The van der Waals surface area contributed by atoms with Crippen LogP contribution in [0.5, 0.6) is 0 Å². The second-order valence-corrected chi connectivity index (χ2v) is 6.13. The molecule has 0 aliphatic carbocycles. The lowest BCUT2D eigenvalue weighted by Crippen LogP contribution is -2.38. The molecule has 0 unspecified atom stereocenters. The number of amides is 1. The van der Waals surface area contributed by atoms with Crippen molar-refractivity contribution < 1.29 is 32.5 Å². The van der Waals surface area contributed by atoms with Gasteiger partial charge < -0.3 is 19.9 Å². The van der Waals surface area contributed by atoms with E-state index in [-0.39, 0.29) is 44.5 Å². The molecule has 0 bridgehead atoms. The number of nitrogens with one attached hydrogen (secondary N) is 2. The van der Waals surface area contributed by atoms with Crippen LogP contribution >= 0.6 is 0 Å². The lowest BCUT2D eigenvalue weighted by molar-refractivity contribution is -0.173. The van der Waals surface area contributed by atoms with E-state index in [0.29, 0.717) is 12.8 Å². The van der Waals surface area contributed by atoms with E-state index >= 15 is 0 Å². The summed E-state index contributed by atoms with van der Waals surface area (Å²) in [6.07, 6.45) is -3.41. The van der Waals surface area contributed by atoms with Gasteiger partial charge in [0.1, 0.15) is 12.8 Å². The molecule has 1 fully saturated rings. The number of H-pyrrole nitrogens is 1. The molecule has 2 rings (SSSR count). The van der Waals surface area contributed by atoms with Crippen molar-refractivity contribution in [3.63, 3.8) is 0 Å². The second-order valence-electron chi connectivity index (χ2n) is 6.13. The van der Waals surface area contributed by atoms with E-state index < -0.39 is 29.6 Å². The number of aliphatic hydroxyl groups is 1. The van der Waals surface area contributed by atoms with Gasteiger partial charge >= 0.3 is 17.8 Å². The molecule has 0 radical (unpaired) electrons. The van der Waals surface area contributed by atoms with Gasteiger partial charge in [0.2, 0.25) is 0 Å². The maximum Gasteiger partial charge on any atom is 0.471 e. The first-order valence-corrected chi connectivity index (χ1v) is 8.71. The Bertz CT molecular complexity index is 883. The van der Waals surface area contributed by atoms with Gasteiger partial charge in [-0.25, -0.2) is 4.79 Å². The fraction of sp³-hybridized carbons (Fsp3) is 0.588. The van der Waals surface area contributed by atoms with Crippen LogP contribution in [0.15, 0.2) is 15.8 Å². The fourth-order valence-corrected chi connectivity index (χ4v) is 2.56. The van der Waals surface area contributed by atoms with Crippen molar-refractivity contribution in [1.82, 2.24) is 14.9 Å². The number of alkyl halides is 3. The van der Waals surface area contributed by atoms with Gasteiger partial charge in [0.15, 0.2) is 0 Å². The zero-order valence-corrected chi connectivity index (χ0v) is 15.3. The van der Waals surface area contributed by atoms with Crippen LogP contribution in [0.25, 0.3) is 0 Å². The van der Waals surface area contributed by atoms with E-state index in [9.17, 15) is 27.6 Å². The average Bonchev–Trinajstić information content (AvgIpc) is 3.13. The number of rotatable bonds is 7. The predicted molar refractivity (Wildman–Crippen MR) is 92.9 cm³/mol. The number of aromatic nitrogens is 2. The molecule has 0 spiro atoms. The number of aliphatic hydroxyl groups excluding tert-OH is 1. The van der Waals surface area contributed by atoms with Gasteiger partial charge in [0, 0.05) is 24.7 Å². The highest BCUT2D eigenvalue weighted by Crippen LogP contribution is 2.26. The standard InChI is InChI=1S/C17H20F3N3O6/c18-17(19,20)15(26)21-6-8-28-7-2-1-3-11-9-23(16(27)22-14(11)25)13-5-4-12(10-24)29-13/h9,12-13,24H,3-8,10H2,(H,21,26)(H,22,25,27)/t12-,13+/m0/s1. The van der Waals surface area contributed by atoms with Crippen LogP contribution in [0.2, 0.25) is 0 Å². The summed E-state index contributed by atoms with van der Waals surface area (Å²) in [6, 6.07) is 0. The topological polar surface area (TPSA) is 123 Å². The Morgan fingerprint density at radius 1 is 1.38 bits per heavy atom. The van der Waals surface area contributed by atoms with Crippen molar-refractivity contribution in [2.24, 2.45) is 0 Å². The molecule has 1 aromatic rings. The summed E-state index contributed by atoms with van der Waals surface area (Å²) in [4.78, 5) is 36.6. The van der Waals surface area contributed by atoms with Crippen LogP contribution in [-0.2, 0) is 20.7 Å². The van der Waals surface area contributed by atoms with E-state index in [1.54, 1.807) is 5.32 Å². The molecule has 2 heterocycles. The third kappa shape index (κ3) is 6.74. The van der Waals surface area contributed by atoms with Crippen LogP contribution in [-0.4, -0.2) is 59.2 Å². The highest BCUT2D eigenvalue weighted by atomic mass is 19.4. The average molecular weight is 419 g/mol. The molecular weight excluding hydrogens is 399 g/mol. The van der Waals surface area contributed by atoms with Gasteiger partial charge in [0.25, 0.3) is 5.56 Å². The van der Waals surface area contributed by atoms with Gasteiger partial charge in [-0.1, -0.05) is 11.8 Å². The first-order valence-electron chi connectivity index (χ1n) is 8.71. The number of carbonyl (C=O) groups is 1. The van der Waals surface area contributed by atoms with Crippen molar-refractivity contribution >= 4 is 5.91 Å². The van der Waals surface area contributed by atoms with Crippen molar-refractivity contribution in [2.45, 2.75) is 37.8 Å². The van der Waals surface area contributed by atoms with Crippen molar-refractivity contribution in [3.8, 4) is 11.8 Å². The molecule has 1 amide bonds. The number of nitrogens with zero attached hydrogens (tertiary/aromatic N) is 1. The SMILES string of the molecule is O=C(NCCOCC#CCc1cn([C@H]2CC[C@@H](CO)O2)c(=O)[nH]c1=O)C(F)(F)F. The Balaban J connectivity index is 1.82. The maximum absolute atomic E-state index is 12.0. The van der Waals surface area contributed by atoms with Gasteiger partial charge in [-0.15, -0.1) is 0 Å². The summed E-state index contributed by atoms with van der Waals surface area (Å²) in [6.45, 7) is -0.746. The molecule has 160 valence electrons. The number of hydrogen-bond donors (Lipinski definition) is 3. The molecule has 0 aromatic carbocycles. The van der Waals surface area contributed by atoms with E-state index in [0.717, 1.165) is 0 Å². The van der Waals surface area contributed by atoms with Crippen molar-refractivity contribution in [3.05, 3.63) is 32.6 Å². The van der Waals surface area contributed by atoms with Crippen LogP contribution in [0.3, 0.4) is 0 Å². The second kappa shape index (κ2) is 10.2. The van der Waals surface area contributed by atoms with Gasteiger partial charge in [0.05, 0.1) is 19.3 Å². The van der Waals surface area contributed by atoms with Crippen molar-refractivity contribution in [1.29, 1.82) is 0 Å². The largest absolute Gasteiger partial charge is 0.471 e. The number of ether oxygens (including phenoxy) is 2. The smallest absolute Gasteiger partial charge is 0.394 e. The van der Waals surface area contributed by atoms with E-state index in [1.807, 2.05) is 0 Å². The lowest BCUT2D eigenvalue weighted by atomic mass is 10.2. The zero-order valence-electron chi connectivity index (χ0n) is 15.3. The summed E-state index contributed by atoms with van der Waals surface area (Å²) in [5.41, 5.74) is -0.988. The third-order valence-corrected chi connectivity index (χ3v) is 4.01. The van der Waals surface area contributed by atoms with Crippen LogP contribution in [0.4, 0.5) is 13.2 Å². The summed E-state index contributed by atoms with van der Waals surface area (Å²) < 4.78 is 47.6. The lowest BCUT2D eigenvalue weighted by Gasteiger charge is -2.15. The van der Waals surface area contributed by atoms with E-state index in [4.69, 9.17) is 14.6 Å². The Labute approximate surface area is 162 Å². The number of halogens is 3. The van der Waals surface area contributed by atoms with Crippen molar-refractivity contribution in [2.75, 3.05) is 26.4 Å². The predicted octanol–water partition coefficient (Wildman–Crippen LogP) is -0.553.